The first-order valence-electron chi connectivity index (χ1n) is 8.15. The summed E-state index contributed by atoms with van der Waals surface area (Å²) >= 11 is 0. The van der Waals surface area contributed by atoms with Gasteiger partial charge in [-0.25, -0.2) is 0 Å². The Labute approximate surface area is 139 Å². The molecule has 0 unspecified atom stereocenters. The topological polar surface area (TPSA) is 69.8 Å². The SMILES string of the molecule is CC(C)(O)CN1CCN(Cc2ccc(C(N)=O)cc2)C(C)(C)C1. The highest BCUT2D eigenvalue weighted by atomic mass is 16.3. The molecule has 0 aromatic heterocycles. The highest BCUT2D eigenvalue weighted by Gasteiger charge is 2.35. The van der Waals surface area contributed by atoms with Crippen molar-refractivity contribution in [1.82, 2.24) is 9.80 Å². The van der Waals surface area contributed by atoms with Crippen molar-refractivity contribution in [3.05, 3.63) is 35.4 Å². The molecule has 0 saturated carbocycles. The van der Waals surface area contributed by atoms with Gasteiger partial charge in [-0.15, -0.1) is 0 Å². The number of carbonyl (C=O) groups is 1. The van der Waals surface area contributed by atoms with Crippen LogP contribution in [0.25, 0.3) is 0 Å². The van der Waals surface area contributed by atoms with E-state index in [0.717, 1.165) is 26.2 Å². The summed E-state index contributed by atoms with van der Waals surface area (Å²) < 4.78 is 0. The van der Waals surface area contributed by atoms with Gasteiger partial charge in [-0.1, -0.05) is 12.1 Å². The number of β-amino-alcohol motifs (C(OH)–C–C–N with tert-alkyl or cyclic N) is 1. The second-order valence-electron chi connectivity index (χ2n) is 7.82. The first kappa shape index (κ1) is 17.9. The molecule has 1 saturated heterocycles. The van der Waals surface area contributed by atoms with Gasteiger partial charge in [0.05, 0.1) is 5.60 Å². The second-order valence-corrected chi connectivity index (χ2v) is 7.82. The Balaban J connectivity index is 2.00. The molecular weight excluding hydrogens is 290 g/mol. The molecule has 0 atom stereocenters. The molecular formula is C18H29N3O2. The lowest BCUT2D eigenvalue weighted by atomic mass is 9.96. The highest BCUT2D eigenvalue weighted by Crippen LogP contribution is 2.24. The smallest absolute Gasteiger partial charge is 0.248 e. The summed E-state index contributed by atoms with van der Waals surface area (Å²) in [6.45, 7) is 12.6. The Morgan fingerprint density at radius 3 is 2.35 bits per heavy atom. The van der Waals surface area contributed by atoms with Crippen molar-refractivity contribution < 1.29 is 9.90 Å². The van der Waals surface area contributed by atoms with Crippen molar-refractivity contribution in [3.8, 4) is 0 Å². The van der Waals surface area contributed by atoms with Crippen LogP contribution in [0.15, 0.2) is 24.3 Å². The van der Waals surface area contributed by atoms with E-state index in [0.29, 0.717) is 12.1 Å². The van der Waals surface area contributed by atoms with Gasteiger partial charge in [0.1, 0.15) is 0 Å². The van der Waals surface area contributed by atoms with Crippen LogP contribution in [-0.2, 0) is 6.54 Å². The lowest BCUT2D eigenvalue weighted by Gasteiger charge is -2.48. The van der Waals surface area contributed by atoms with Crippen LogP contribution in [0.5, 0.6) is 0 Å². The standard InChI is InChI=1S/C18H29N3O2/c1-17(2)12-20(13-18(3,4)23)9-10-21(17)11-14-5-7-15(8-6-14)16(19)22/h5-8,23H,9-13H2,1-4H3,(H2,19,22). The number of nitrogens with two attached hydrogens (primary N) is 1. The molecule has 1 aromatic rings. The summed E-state index contributed by atoms with van der Waals surface area (Å²) in [5.74, 6) is -0.392. The molecule has 5 nitrogen and oxygen atoms in total. The van der Waals surface area contributed by atoms with Gasteiger partial charge in [-0.3, -0.25) is 14.6 Å². The number of aliphatic hydroxyl groups is 1. The zero-order valence-corrected chi connectivity index (χ0v) is 14.7. The van der Waals surface area contributed by atoms with Gasteiger partial charge in [-0.2, -0.15) is 0 Å². The summed E-state index contributed by atoms with van der Waals surface area (Å²) in [7, 11) is 0. The largest absolute Gasteiger partial charge is 0.389 e. The van der Waals surface area contributed by atoms with Crippen molar-refractivity contribution in [1.29, 1.82) is 0 Å². The van der Waals surface area contributed by atoms with E-state index in [9.17, 15) is 9.90 Å². The van der Waals surface area contributed by atoms with Crippen molar-refractivity contribution >= 4 is 5.91 Å². The predicted octanol–water partition coefficient (Wildman–Crippen LogP) is 1.45. The van der Waals surface area contributed by atoms with Crippen molar-refractivity contribution in [2.24, 2.45) is 5.73 Å². The van der Waals surface area contributed by atoms with Gasteiger partial charge in [-0.05, 0) is 45.4 Å². The Bertz CT molecular complexity index is 546. The van der Waals surface area contributed by atoms with Crippen molar-refractivity contribution in [2.45, 2.75) is 45.4 Å². The van der Waals surface area contributed by atoms with Crippen LogP contribution in [0.3, 0.4) is 0 Å². The summed E-state index contributed by atoms with van der Waals surface area (Å²) in [5.41, 5.74) is 6.38. The molecule has 0 radical (unpaired) electrons. The molecule has 1 aliphatic heterocycles. The van der Waals surface area contributed by atoms with E-state index in [1.807, 2.05) is 26.0 Å². The maximum atomic E-state index is 11.1. The number of hydrogen-bond donors (Lipinski definition) is 2. The third-order valence-corrected chi connectivity index (χ3v) is 4.38. The molecule has 0 spiro atoms. The first-order valence-corrected chi connectivity index (χ1v) is 8.15. The zero-order valence-electron chi connectivity index (χ0n) is 14.7. The fourth-order valence-electron chi connectivity index (χ4n) is 3.26. The number of benzene rings is 1. The highest BCUT2D eigenvalue weighted by molar-refractivity contribution is 5.92. The minimum atomic E-state index is -0.664. The molecule has 1 aliphatic rings. The molecule has 5 heteroatoms. The van der Waals surface area contributed by atoms with E-state index in [-0.39, 0.29) is 5.54 Å². The minimum absolute atomic E-state index is 0.0336. The quantitative estimate of drug-likeness (QED) is 0.862. The summed E-state index contributed by atoms with van der Waals surface area (Å²) in [5, 5.41) is 10.0. The Kier molecular flexibility index (Phi) is 5.14. The average Bonchev–Trinajstić information content (AvgIpc) is 2.40. The van der Waals surface area contributed by atoms with Crippen LogP contribution in [0.4, 0.5) is 0 Å². The normalized spacial score (nSPS) is 19.7. The summed E-state index contributed by atoms with van der Waals surface area (Å²) in [6, 6.07) is 7.52. The van der Waals surface area contributed by atoms with Crippen LogP contribution in [-0.4, -0.2) is 58.1 Å². The summed E-state index contributed by atoms with van der Waals surface area (Å²) in [6.07, 6.45) is 0. The first-order chi connectivity index (χ1) is 10.6. The minimum Gasteiger partial charge on any atom is -0.389 e. The van der Waals surface area contributed by atoms with E-state index in [2.05, 4.69) is 23.6 Å². The number of rotatable bonds is 5. The van der Waals surface area contributed by atoms with Crippen LogP contribution < -0.4 is 5.73 Å². The maximum Gasteiger partial charge on any atom is 0.248 e. The lowest BCUT2D eigenvalue weighted by Crippen LogP contribution is -2.60. The number of amides is 1. The van der Waals surface area contributed by atoms with Crippen LogP contribution in [0.2, 0.25) is 0 Å². The Morgan fingerprint density at radius 2 is 1.87 bits per heavy atom. The van der Waals surface area contributed by atoms with Crippen molar-refractivity contribution in [3.63, 3.8) is 0 Å². The van der Waals surface area contributed by atoms with Gasteiger partial charge < -0.3 is 10.8 Å². The van der Waals surface area contributed by atoms with Gasteiger partial charge in [0, 0.05) is 43.8 Å². The molecule has 0 bridgehead atoms. The third kappa shape index (κ3) is 5.03. The monoisotopic (exact) mass is 319 g/mol. The molecule has 1 heterocycles. The van der Waals surface area contributed by atoms with Crippen molar-refractivity contribution in [2.75, 3.05) is 26.2 Å². The number of piperazine rings is 1. The average molecular weight is 319 g/mol. The van der Waals surface area contributed by atoms with Crippen LogP contribution >= 0.6 is 0 Å². The molecule has 1 fully saturated rings. The number of hydrogen-bond acceptors (Lipinski definition) is 4. The van der Waals surface area contributed by atoms with E-state index >= 15 is 0 Å². The molecule has 2 rings (SSSR count). The van der Waals surface area contributed by atoms with Gasteiger partial charge in [0.15, 0.2) is 0 Å². The molecule has 1 aromatic carbocycles. The van der Waals surface area contributed by atoms with Gasteiger partial charge in [0.25, 0.3) is 0 Å². The van der Waals surface area contributed by atoms with E-state index in [4.69, 9.17) is 5.73 Å². The molecule has 0 aliphatic carbocycles. The Hall–Kier alpha value is -1.43. The fraction of sp³-hybridized carbons (Fsp3) is 0.611. The number of nitrogens with zero attached hydrogens (tertiary/aromatic N) is 2. The van der Waals surface area contributed by atoms with E-state index in [1.54, 1.807) is 12.1 Å². The second kappa shape index (κ2) is 6.59. The van der Waals surface area contributed by atoms with Gasteiger partial charge >= 0.3 is 0 Å². The number of primary amides is 1. The maximum absolute atomic E-state index is 11.1. The third-order valence-electron chi connectivity index (χ3n) is 4.38. The molecule has 23 heavy (non-hydrogen) atoms. The fourth-order valence-corrected chi connectivity index (χ4v) is 3.26. The van der Waals surface area contributed by atoms with E-state index < -0.39 is 11.5 Å². The summed E-state index contributed by atoms with van der Waals surface area (Å²) in [4.78, 5) is 15.9. The molecule has 3 N–H and O–H groups in total. The van der Waals surface area contributed by atoms with Gasteiger partial charge in [0.2, 0.25) is 5.91 Å². The lowest BCUT2D eigenvalue weighted by molar-refractivity contribution is -0.0279. The van der Waals surface area contributed by atoms with Crippen LogP contribution in [0.1, 0.15) is 43.6 Å². The predicted molar refractivity (Wildman–Crippen MR) is 92.2 cm³/mol. The zero-order chi connectivity index (χ0) is 17.3. The van der Waals surface area contributed by atoms with E-state index in [1.165, 1.54) is 5.56 Å². The van der Waals surface area contributed by atoms with Crippen LogP contribution in [0, 0.1) is 0 Å². The molecule has 1 amide bonds. The Morgan fingerprint density at radius 1 is 1.26 bits per heavy atom. The number of carbonyl (C=O) groups excluding carboxylic acids is 1. The molecule has 128 valence electrons.